The van der Waals surface area contributed by atoms with Gasteiger partial charge in [-0.15, -0.1) is 0 Å². The summed E-state index contributed by atoms with van der Waals surface area (Å²) in [6.45, 7) is 1.25. The number of halogens is 1. The number of nitriles is 1. The number of aromatic nitrogens is 1. The van der Waals surface area contributed by atoms with Crippen molar-refractivity contribution in [3.8, 4) is 22.9 Å². The number of hydrogen-bond acceptors (Lipinski definition) is 8. The number of carbonyl (C=O) groups is 3. The minimum absolute atomic E-state index is 0.131. The van der Waals surface area contributed by atoms with Crippen LogP contribution in [0.3, 0.4) is 0 Å². The summed E-state index contributed by atoms with van der Waals surface area (Å²) in [5, 5.41) is 21.4. The van der Waals surface area contributed by atoms with Crippen LogP contribution in [0, 0.1) is 11.3 Å². The number of carboxylic acids is 1. The molecule has 3 aromatic rings. The Morgan fingerprint density at radius 1 is 1.15 bits per heavy atom. The molecule has 0 radical (unpaired) electrons. The topological polar surface area (TPSA) is 174 Å². The largest absolute Gasteiger partial charge is 0.495 e. The van der Waals surface area contributed by atoms with Gasteiger partial charge in [0.05, 0.1) is 30.5 Å². The quantitative estimate of drug-likeness (QED) is 0.319. The van der Waals surface area contributed by atoms with Crippen molar-refractivity contribution in [1.82, 2.24) is 4.57 Å². The molecule has 4 N–H and O–H groups in total. The van der Waals surface area contributed by atoms with Crippen LogP contribution in [0.25, 0.3) is 11.1 Å². The van der Waals surface area contributed by atoms with Crippen molar-refractivity contribution in [1.29, 1.82) is 5.26 Å². The Kier molecular flexibility index (Phi) is 9.43. The van der Waals surface area contributed by atoms with E-state index in [0.29, 0.717) is 27.4 Å². The summed E-state index contributed by atoms with van der Waals surface area (Å²) in [5.74, 6) is -2.29. The summed E-state index contributed by atoms with van der Waals surface area (Å²) in [6.07, 6.45) is 1.68. The smallest absolute Gasteiger partial charge is 0.338 e. The van der Waals surface area contributed by atoms with Gasteiger partial charge in [0.15, 0.2) is 0 Å². The summed E-state index contributed by atoms with van der Waals surface area (Å²) in [4.78, 5) is 49.1. The predicted molar refractivity (Wildman–Crippen MR) is 143 cm³/mol. The summed E-state index contributed by atoms with van der Waals surface area (Å²) >= 11 is 6.11. The fourth-order valence-electron chi connectivity index (χ4n) is 3.73. The van der Waals surface area contributed by atoms with Crippen molar-refractivity contribution in [2.24, 2.45) is 5.73 Å². The summed E-state index contributed by atoms with van der Waals surface area (Å²) in [6, 6.07) is 11.5. The van der Waals surface area contributed by atoms with Crippen LogP contribution >= 0.6 is 11.6 Å². The Morgan fingerprint density at radius 2 is 1.85 bits per heavy atom. The van der Waals surface area contributed by atoms with Crippen LogP contribution in [0.1, 0.15) is 35.3 Å². The molecule has 3 rings (SSSR count). The molecule has 0 bridgehead atoms. The van der Waals surface area contributed by atoms with E-state index in [2.05, 4.69) is 11.4 Å². The first-order chi connectivity index (χ1) is 18.6. The summed E-state index contributed by atoms with van der Waals surface area (Å²) in [5.41, 5.74) is 6.40. The number of nitrogens with zero attached hydrogens (tertiary/aromatic N) is 2. The van der Waals surface area contributed by atoms with Gasteiger partial charge < -0.3 is 25.6 Å². The number of amides is 1. The molecule has 1 heterocycles. The van der Waals surface area contributed by atoms with Gasteiger partial charge in [0, 0.05) is 27.9 Å². The number of esters is 1. The van der Waals surface area contributed by atoms with E-state index in [1.165, 1.54) is 48.2 Å². The predicted octanol–water partition coefficient (Wildman–Crippen LogP) is 3.21. The summed E-state index contributed by atoms with van der Waals surface area (Å²) < 4.78 is 11.6. The van der Waals surface area contributed by atoms with Crippen LogP contribution in [0.5, 0.6) is 5.75 Å². The number of ether oxygens (including phenoxy) is 2. The van der Waals surface area contributed by atoms with Crippen molar-refractivity contribution in [3.05, 3.63) is 81.2 Å². The molecule has 0 aliphatic carbocycles. The normalized spacial score (nSPS) is 12.1. The standard InChI is InChI=1S/C27H25ClN4O7/c1-3-22(25(34)31-18-8-5-15(6-9-18)27(37)39-14-21(30)26(35)36)32-13-23(38-2)20(11-24(32)33)19-10-17(28)7-4-16(19)12-29/h4-11,13,21-22H,3,14,30H2,1-2H3,(H,31,34)(H,35,36). The lowest BCUT2D eigenvalue weighted by Crippen LogP contribution is -2.35. The van der Waals surface area contributed by atoms with Gasteiger partial charge in [-0.25, -0.2) is 4.79 Å². The van der Waals surface area contributed by atoms with Crippen molar-refractivity contribution in [3.63, 3.8) is 0 Å². The molecule has 0 saturated carbocycles. The van der Waals surface area contributed by atoms with E-state index in [-0.39, 0.29) is 17.7 Å². The number of pyridine rings is 1. The number of carboxylic acid groups (broad SMARTS) is 1. The molecule has 2 aromatic carbocycles. The van der Waals surface area contributed by atoms with Gasteiger partial charge in [-0.05, 0) is 48.9 Å². The highest BCUT2D eigenvalue weighted by Crippen LogP contribution is 2.33. The van der Waals surface area contributed by atoms with E-state index in [9.17, 15) is 24.4 Å². The zero-order chi connectivity index (χ0) is 28.7. The molecule has 0 aliphatic rings. The Bertz CT molecular complexity index is 1500. The third-order valence-electron chi connectivity index (χ3n) is 5.78. The Labute approximate surface area is 228 Å². The minimum atomic E-state index is -1.34. The van der Waals surface area contributed by atoms with Crippen LogP contribution in [0.2, 0.25) is 5.02 Å². The number of anilines is 1. The number of methoxy groups -OCH3 is 1. The molecule has 2 unspecified atom stereocenters. The maximum atomic E-state index is 13.1. The third-order valence-corrected chi connectivity index (χ3v) is 6.02. The van der Waals surface area contributed by atoms with Gasteiger partial charge in [-0.3, -0.25) is 19.0 Å². The van der Waals surface area contributed by atoms with Gasteiger partial charge in [0.1, 0.15) is 24.4 Å². The number of nitrogens with two attached hydrogens (primary N) is 1. The maximum Gasteiger partial charge on any atom is 0.338 e. The van der Waals surface area contributed by atoms with Crippen LogP contribution < -0.4 is 21.3 Å². The summed E-state index contributed by atoms with van der Waals surface area (Å²) in [7, 11) is 1.41. The van der Waals surface area contributed by atoms with Crippen molar-refractivity contribution < 1.29 is 29.0 Å². The average molecular weight is 553 g/mol. The van der Waals surface area contributed by atoms with Crippen molar-refractivity contribution >= 4 is 35.1 Å². The SMILES string of the molecule is CCC(C(=O)Nc1ccc(C(=O)OCC(N)C(=O)O)cc1)n1cc(OC)c(-c2cc(Cl)ccc2C#N)cc1=O. The zero-order valence-electron chi connectivity index (χ0n) is 21.0. The number of benzene rings is 2. The molecule has 12 heteroatoms. The molecule has 1 amide bonds. The minimum Gasteiger partial charge on any atom is -0.495 e. The lowest BCUT2D eigenvalue weighted by molar-refractivity contribution is -0.139. The van der Waals surface area contributed by atoms with Crippen LogP contribution in [0.4, 0.5) is 5.69 Å². The number of carbonyl (C=O) groups excluding carboxylic acids is 2. The number of nitrogens with one attached hydrogen (secondary N) is 1. The first kappa shape index (κ1) is 28.9. The average Bonchev–Trinajstić information content (AvgIpc) is 2.92. The molecule has 1 aromatic heterocycles. The van der Waals surface area contributed by atoms with E-state index < -0.39 is 42.1 Å². The van der Waals surface area contributed by atoms with Gasteiger partial charge in [-0.2, -0.15) is 5.26 Å². The molecule has 202 valence electrons. The number of hydrogen-bond donors (Lipinski definition) is 3. The molecule has 0 saturated heterocycles. The Hall–Kier alpha value is -4.66. The zero-order valence-corrected chi connectivity index (χ0v) is 21.8. The molecular weight excluding hydrogens is 528 g/mol. The highest BCUT2D eigenvalue weighted by atomic mass is 35.5. The highest BCUT2D eigenvalue weighted by molar-refractivity contribution is 6.31. The third kappa shape index (κ3) is 6.81. The fraction of sp³-hybridized carbons (Fsp3) is 0.222. The maximum absolute atomic E-state index is 13.1. The highest BCUT2D eigenvalue weighted by Gasteiger charge is 2.23. The molecule has 39 heavy (non-hydrogen) atoms. The van der Waals surface area contributed by atoms with E-state index in [0.717, 1.165) is 0 Å². The Balaban J connectivity index is 1.82. The van der Waals surface area contributed by atoms with Crippen LogP contribution in [-0.2, 0) is 14.3 Å². The Morgan fingerprint density at radius 3 is 2.44 bits per heavy atom. The van der Waals surface area contributed by atoms with Crippen molar-refractivity contribution in [2.75, 3.05) is 19.0 Å². The fourth-order valence-corrected chi connectivity index (χ4v) is 3.90. The first-order valence-corrected chi connectivity index (χ1v) is 12.0. The second-order valence-corrected chi connectivity index (χ2v) is 8.77. The molecular formula is C27H25ClN4O7. The molecule has 0 aliphatic heterocycles. The van der Waals surface area contributed by atoms with Crippen LogP contribution in [0.15, 0.2) is 59.5 Å². The van der Waals surface area contributed by atoms with Gasteiger partial charge in [-0.1, -0.05) is 18.5 Å². The molecule has 11 nitrogen and oxygen atoms in total. The van der Waals surface area contributed by atoms with E-state index in [4.69, 9.17) is 31.9 Å². The van der Waals surface area contributed by atoms with Crippen molar-refractivity contribution in [2.45, 2.75) is 25.4 Å². The van der Waals surface area contributed by atoms with Gasteiger partial charge in [0.25, 0.3) is 5.56 Å². The lowest BCUT2D eigenvalue weighted by atomic mass is 10.00. The molecule has 2 atom stereocenters. The lowest BCUT2D eigenvalue weighted by Gasteiger charge is -2.20. The second-order valence-electron chi connectivity index (χ2n) is 8.34. The van der Waals surface area contributed by atoms with Gasteiger partial charge in [0.2, 0.25) is 5.91 Å². The van der Waals surface area contributed by atoms with E-state index in [1.54, 1.807) is 25.1 Å². The van der Waals surface area contributed by atoms with Gasteiger partial charge >= 0.3 is 11.9 Å². The van der Waals surface area contributed by atoms with E-state index in [1.807, 2.05) is 0 Å². The van der Waals surface area contributed by atoms with E-state index >= 15 is 0 Å². The number of rotatable bonds is 10. The first-order valence-electron chi connectivity index (χ1n) is 11.7. The molecule has 0 spiro atoms. The number of aliphatic carboxylic acids is 1. The monoisotopic (exact) mass is 552 g/mol. The second kappa shape index (κ2) is 12.7. The molecule has 0 fully saturated rings. The van der Waals surface area contributed by atoms with Crippen LogP contribution in [-0.4, -0.2) is 47.3 Å².